The monoisotopic (exact) mass is 307 g/mol. The summed E-state index contributed by atoms with van der Waals surface area (Å²) in [6, 6.07) is 6.68. The van der Waals surface area contributed by atoms with Crippen LogP contribution in [-0.2, 0) is 20.9 Å². The molecule has 1 aromatic carbocycles. The third-order valence-corrected chi connectivity index (χ3v) is 3.80. The second-order valence-electron chi connectivity index (χ2n) is 5.33. The van der Waals surface area contributed by atoms with Crippen LogP contribution in [0.25, 0.3) is 0 Å². The molecule has 2 rings (SSSR count). The van der Waals surface area contributed by atoms with Crippen molar-refractivity contribution in [2.45, 2.75) is 38.5 Å². The van der Waals surface area contributed by atoms with Gasteiger partial charge in [0.25, 0.3) is 5.91 Å². The Morgan fingerprint density at radius 3 is 2.91 bits per heavy atom. The van der Waals surface area contributed by atoms with Crippen LogP contribution in [0.3, 0.4) is 0 Å². The summed E-state index contributed by atoms with van der Waals surface area (Å²) >= 11 is 0. The second kappa shape index (κ2) is 7.26. The molecular formula is C16H21NO5. The molecule has 0 aliphatic carbocycles. The van der Waals surface area contributed by atoms with Crippen LogP contribution >= 0.6 is 0 Å². The second-order valence-corrected chi connectivity index (χ2v) is 5.33. The van der Waals surface area contributed by atoms with Crippen LogP contribution in [0.1, 0.15) is 25.3 Å². The lowest BCUT2D eigenvalue weighted by atomic mass is 10.2. The lowest BCUT2D eigenvalue weighted by Gasteiger charge is -2.25. The van der Waals surface area contributed by atoms with E-state index in [-0.39, 0.29) is 12.5 Å². The Morgan fingerprint density at radius 1 is 1.45 bits per heavy atom. The first kappa shape index (κ1) is 16.3. The van der Waals surface area contributed by atoms with E-state index < -0.39 is 18.1 Å². The lowest BCUT2D eigenvalue weighted by molar-refractivity contribution is -0.153. The molecule has 1 aliphatic rings. The summed E-state index contributed by atoms with van der Waals surface area (Å²) in [5.74, 6) is -0.496. The number of amides is 1. The highest BCUT2D eigenvalue weighted by Gasteiger charge is 2.36. The van der Waals surface area contributed by atoms with Gasteiger partial charge in [0, 0.05) is 6.54 Å². The number of carbonyl (C=O) groups excluding carboxylic acids is 1. The van der Waals surface area contributed by atoms with Crippen LogP contribution < -0.4 is 4.74 Å². The Bertz CT molecular complexity index is 545. The molecule has 1 heterocycles. The maximum atomic E-state index is 12.3. The zero-order valence-corrected chi connectivity index (χ0v) is 12.8. The normalized spacial score (nSPS) is 19.0. The molecule has 0 saturated carbocycles. The van der Waals surface area contributed by atoms with Crippen molar-refractivity contribution in [3.8, 4) is 5.75 Å². The average molecular weight is 307 g/mol. The Labute approximate surface area is 129 Å². The van der Waals surface area contributed by atoms with Crippen LogP contribution in [0, 0.1) is 0 Å². The Kier molecular flexibility index (Phi) is 5.38. The topological polar surface area (TPSA) is 76.1 Å². The van der Waals surface area contributed by atoms with Crippen molar-refractivity contribution in [3.05, 3.63) is 29.8 Å². The predicted molar refractivity (Wildman–Crippen MR) is 79.6 cm³/mol. The third kappa shape index (κ3) is 3.76. The third-order valence-electron chi connectivity index (χ3n) is 3.80. The molecule has 1 N–H and O–H groups in total. The van der Waals surface area contributed by atoms with Gasteiger partial charge in [-0.3, -0.25) is 4.79 Å². The molecule has 2 atom stereocenters. The number of nitrogens with zero attached hydrogens (tertiary/aromatic N) is 1. The molecule has 1 unspecified atom stereocenters. The maximum Gasteiger partial charge on any atom is 0.326 e. The van der Waals surface area contributed by atoms with Crippen molar-refractivity contribution in [1.82, 2.24) is 4.90 Å². The first-order valence-corrected chi connectivity index (χ1v) is 7.30. The van der Waals surface area contributed by atoms with Crippen LogP contribution in [0.4, 0.5) is 0 Å². The smallest absolute Gasteiger partial charge is 0.326 e. The molecular weight excluding hydrogens is 286 g/mol. The fourth-order valence-electron chi connectivity index (χ4n) is 2.58. The summed E-state index contributed by atoms with van der Waals surface area (Å²) in [5.41, 5.74) is 0.898. The maximum absolute atomic E-state index is 12.3. The Morgan fingerprint density at radius 2 is 2.23 bits per heavy atom. The summed E-state index contributed by atoms with van der Waals surface area (Å²) in [4.78, 5) is 24.9. The van der Waals surface area contributed by atoms with Crippen LogP contribution in [-0.4, -0.2) is 47.7 Å². The minimum Gasteiger partial charge on any atom is -0.497 e. The van der Waals surface area contributed by atoms with E-state index >= 15 is 0 Å². The van der Waals surface area contributed by atoms with E-state index in [1.807, 2.05) is 24.3 Å². The van der Waals surface area contributed by atoms with Crippen molar-refractivity contribution in [2.75, 3.05) is 13.7 Å². The van der Waals surface area contributed by atoms with E-state index in [0.717, 1.165) is 11.3 Å². The predicted octanol–water partition coefficient (Wildman–Crippen LogP) is 1.68. The number of aliphatic carboxylic acids is 1. The van der Waals surface area contributed by atoms with Gasteiger partial charge in [0.1, 0.15) is 17.9 Å². The van der Waals surface area contributed by atoms with Gasteiger partial charge in [-0.1, -0.05) is 12.1 Å². The number of rotatable bonds is 6. The molecule has 1 amide bonds. The summed E-state index contributed by atoms with van der Waals surface area (Å²) in [6.07, 6.45) is 0.542. The molecule has 6 heteroatoms. The molecule has 22 heavy (non-hydrogen) atoms. The first-order valence-electron chi connectivity index (χ1n) is 7.30. The quantitative estimate of drug-likeness (QED) is 0.865. The summed E-state index contributed by atoms with van der Waals surface area (Å²) in [5, 5.41) is 9.13. The molecule has 0 spiro atoms. The number of carboxylic acids is 1. The fourth-order valence-corrected chi connectivity index (χ4v) is 2.58. The zero-order chi connectivity index (χ0) is 16.1. The Hall–Kier alpha value is -2.08. The molecule has 1 aliphatic heterocycles. The van der Waals surface area contributed by atoms with Crippen LogP contribution in [0.2, 0.25) is 0 Å². The fraction of sp³-hybridized carbons (Fsp3) is 0.500. The van der Waals surface area contributed by atoms with E-state index in [4.69, 9.17) is 14.6 Å². The molecule has 0 bridgehead atoms. The number of hydrogen-bond acceptors (Lipinski definition) is 4. The van der Waals surface area contributed by atoms with E-state index in [0.29, 0.717) is 19.4 Å². The summed E-state index contributed by atoms with van der Waals surface area (Å²) in [6.45, 7) is 2.40. The number of carbonyl (C=O) groups is 2. The lowest BCUT2D eigenvalue weighted by Crippen LogP contribution is -2.45. The van der Waals surface area contributed by atoms with Gasteiger partial charge in [0.05, 0.1) is 13.7 Å². The molecule has 120 valence electrons. The minimum absolute atomic E-state index is 0.271. The number of benzene rings is 1. The number of carboxylic acid groups (broad SMARTS) is 1. The molecule has 0 aromatic heterocycles. The number of likely N-dealkylation sites (tertiary alicyclic amines) is 1. The van der Waals surface area contributed by atoms with Gasteiger partial charge in [-0.2, -0.15) is 0 Å². The highest BCUT2D eigenvalue weighted by atomic mass is 16.5. The van der Waals surface area contributed by atoms with Crippen molar-refractivity contribution < 1.29 is 24.2 Å². The van der Waals surface area contributed by atoms with Crippen LogP contribution in [0.15, 0.2) is 24.3 Å². The van der Waals surface area contributed by atoms with Crippen LogP contribution in [0.5, 0.6) is 5.75 Å². The first-order chi connectivity index (χ1) is 10.5. The molecule has 1 fully saturated rings. The highest BCUT2D eigenvalue weighted by molar-refractivity contribution is 5.86. The van der Waals surface area contributed by atoms with Gasteiger partial charge in [-0.25, -0.2) is 4.79 Å². The van der Waals surface area contributed by atoms with Crippen molar-refractivity contribution in [1.29, 1.82) is 0 Å². The van der Waals surface area contributed by atoms with E-state index in [1.54, 1.807) is 14.0 Å². The van der Waals surface area contributed by atoms with Gasteiger partial charge < -0.3 is 19.5 Å². The highest BCUT2D eigenvalue weighted by Crippen LogP contribution is 2.20. The van der Waals surface area contributed by atoms with Crippen molar-refractivity contribution in [3.63, 3.8) is 0 Å². The van der Waals surface area contributed by atoms with Gasteiger partial charge in [-0.15, -0.1) is 0 Å². The van der Waals surface area contributed by atoms with E-state index in [2.05, 4.69) is 0 Å². The van der Waals surface area contributed by atoms with E-state index in [1.165, 1.54) is 4.90 Å². The van der Waals surface area contributed by atoms with E-state index in [9.17, 15) is 9.59 Å². The molecule has 1 saturated heterocycles. The molecule has 0 radical (unpaired) electrons. The number of hydrogen-bond donors (Lipinski definition) is 1. The van der Waals surface area contributed by atoms with Gasteiger partial charge in [0.15, 0.2) is 0 Å². The average Bonchev–Trinajstić information content (AvgIpc) is 3.01. The van der Waals surface area contributed by atoms with Crippen molar-refractivity contribution in [2.24, 2.45) is 0 Å². The molecule has 6 nitrogen and oxygen atoms in total. The Balaban J connectivity index is 1.92. The van der Waals surface area contributed by atoms with Crippen molar-refractivity contribution >= 4 is 11.9 Å². The summed E-state index contributed by atoms with van der Waals surface area (Å²) < 4.78 is 10.7. The number of ether oxygens (including phenoxy) is 2. The van der Waals surface area contributed by atoms with Gasteiger partial charge in [-0.05, 0) is 37.5 Å². The SMILES string of the molecule is COc1cccc(COC(C)C(=O)N2CCC[C@H]2C(=O)O)c1. The standard InChI is InChI=1S/C16H21NO5/c1-11(15(18)17-8-4-7-14(17)16(19)20)22-10-12-5-3-6-13(9-12)21-2/h3,5-6,9,11,14H,4,7-8,10H2,1-2H3,(H,19,20)/t11?,14-/m0/s1. The molecule has 1 aromatic rings. The largest absolute Gasteiger partial charge is 0.497 e. The van der Waals surface area contributed by atoms with Gasteiger partial charge >= 0.3 is 5.97 Å². The minimum atomic E-state index is -0.953. The number of methoxy groups -OCH3 is 1. The zero-order valence-electron chi connectivity index (χ0n) is 12.8. The van der Waals surface area contributed by atoms with Gasteiger partial charge in [0.2, 0.25) is 0 Å². The summed E-state index contributed by atoms with van der Waals surface area (Å²) in [7, 11) is 1.59.